The molecule has 0 aliphatic carbocycles. The molecule has 0 heterocycles. The van der Waals surface area contributed by atoms with E-state index in [0.717, 1.165) is 12.8 Å². The summed E-state index contributed by atoms with van der Waals surface area (Å²) in [7, 11) is 0. The zero-order valence-corrected chi connectivity index (χ0v) is 9.49. The number of esters is 1. The van der Waals surface area contributed by atoms with Crippen LogP contribution >= 0.6 is 0 Å². The highest BCUT2D eigenvalue weighted by molar-refractivity contribution is 5.79. The molecule has 0 aromatic rings. The molecule has 0 aliphatic rings. The van der Waals surface area contributed by atoms with E-state index >= 15 is 0 Å². The van der Waals surface area contributed by atoms with Crippen LogP contribution < -0.4 is 16.8 Å². The number of nitrogens with one attached hydrogen (secondary N) is 1. The number of amides is 2. The van der Waals surface area contributed by atoms with Gasteiger partial charge < -0.3 is 21.5 Å². The van der Waals surface area contributed by atoms with Crippen molar-refractivity contribution in [1.82, 2.24) is 5.32 Å². The molecule has 0 radical (unpaired) electrons. The average molecular weight is 229 g/mol. The first-order valence-electron chi connectivity index (χ1n) is 4.90. The predicted molar refractivity (Wildman–Crippen MR) is 61.3 cm³/mol. The molecular formula is C10H19N3O3. The van der Waals surface area contributed by atoms with Gasteiger partial charge in [0.2, 0.25) is 0 Å². The quantitative estimate of drug-likeness (QED) is 0.338. The van der Waals surface area contributed by atoms with Gasteiger partial charge in [0.1, 0.15) is 6.54 Å². The summed E-state index contributed by atoms with van der Waals surface area (Å²) >= 11 is 0. The van der Waals surface area contributed by atoms with Gasteiger partial charge in [-0.15, -0.1) is 6.42 Å². The number of hydrogen-bond donors (Lipinski definition) is 3. The van der Waals surface area contributed by atoms with Gasteiger partial charge >= 0.3 is 12.0 Å². The third-order valence-corrected chi connectivity index (χ3v) is 1.29. The standard InChI is InChI=1S/C7H14N2O3.C3H5N/c1-2-3-4-12-6(10)5-9-7(8)11;1-2-3-4/h2-5H2,1H3,(H3,8,9,11);1H,3-4H2. The summed E-state index contributed by atoms with van der Waals surface area (Å²) in [5, 5.41) is 2.14. The summed E-state index contributed by atoms with van der Waals surface area (Å²) < 4.78 is 4.72. The molecule has 92 valence electrons. The van der Waals surface area contributed by atoms with Gasteiger partial charge in [-0.2, -0.15) is 0 Å². The first-order valence-corrected chi connectivity index (χ1v) is 4.90. The Morgan fingerprint density at radius 2 is 2.06 bits per heavy atom. The van der Waals surface area contributed by atoms with Crippen molar-refractivity contribution in [3.63, 3.8) is 0 Å². The van der Waals surface area contributed by atoms with Gasteiger partial charge in [0.05, 0.1) is 13.2 Å². The van der Waals surface area contributed by atoms with E-state index in [1.165, 1.54) is 0 Å². The number of rotatable bonds is 5. The third kappa shape index (κ3) is 18.1. The van der Waals surface area contributed by atoms with Crippen molar-refractivity contribution in [3.8, 4) is 12.3 Å². The summed E-state index contributed by atoms with van der Waals surface area (Å²) in [6, 6.07) is -0.720. The number of carbonyl (C=O) groups is 2. The smallest absolute Gasteiger partial charge is 0.325 e. The number of terminal acetylenes is 1. The maximum Gasteiger partial charge on any atom is 0.325 e. The first-order chi connectivity index (χ1) is 7.58. The molecule has 2 amide bonds. The Balaban J connectivity index is 0. The summed E-state index contributed by atoms with van der Waals surface area (Å²) in [5.74, 6) is 1.75. The van der Waals surface area contributed by atoms with Gasteiger partial charge in [0.15, 0.2) is 0 Å². The zero-order chi connectivity index (χ0) is 12.8. The number of nitrogens with two attached hydrogens (primary N) is 2. The topological polar surface area (TPSA) is 107 Å². The average Bonchev–Trinajstić information content (AvgIpc) is 2.27. The molecule has 0 unspecified atom stereocenters. The van der Waals surface area contributed by atoms with Crippen molar-refractivity contribution >= 4 is 12.0 Å². The number of carbonyl (C=O) groups excluding carboxylic acids is 2. The second-order valence-electron chi connectivity index (χ2n) is 2.70. The van der Waals surface area contributed by atoms with E-state index in [-0.39, 0.29) is 6.54 Å². The van der Waals surface area contributed by atoms with Crippen molar-refractivity contribution in [2.24, 2.45) is 11.5 Å². The van der Waals surface area contributed by atoms with E-state index in [2.05, 4.69) is 17.7 Å². The van der Waals surface area contributed by atoms with Crippen LogP contribution in [0.25, 0.3) is 0 Å². The van der Waals surface area contributed by atoms with Crippen LogP contribution in [0, 0.1) is 12.3 Å². The lowest BCUT2D eigenvalue weighted by atomic mass is 10.4. The third-order valence-electron chi connectivity index (χ3n) is 1.29. The molecule has 0 saturated heterocycles. The summed E-state index contributed by atoms with van der Waals surface area (Å²) in [6.45, 7) is 2.59. The molecule has 0 rings (SSSR count). The van der Waals surface area contributed by atoms with Crippen molar-refractivity contribution in [1.29, 1.82) is 0 Å². The second-order valence-corrected chi connectivity index (χ2v) is 2.70. The lowest BCUT2D eigenvalue weighted by molar-refractivity contribution is -0.142. The Morgan fingerprint density at radius 1 is 1.50 bits per heavy atom. The Kier molecular flexibility index (Phi) is 13.8. The van der Waals surface area contributed by atoms with Crippen LogP contribution in [0.1, 0.15) is 19.8 Å². The minimum absolute atomic E-state index is 0.154. The SMILES string of the molecule is C#CCN.CCCCOC(=O)CNC(N)=O. The molecule has 0 bridgehead atoms. The minimum atomic E-state index is -0.720. The molecule has 0 aromatic heterocycles. The molecule has 0 aliphatic heterocycles. The van der Waals surface area contributed by atoms with E-state index in [1.807, 2.05) is 6.92 Å². The predicted octanol–water partition coefficient (Wildman–Crippen LogP) is -0.424. The lowest BCUT2D eigenvalue weighted by Crippen LogP contribution is -2.34. The molecule has 6 nitrogen and oxygen atoms in total. The fraction of sp³-hybridized carbons (Fsp3) is 0.600. The highest BCUT2D eigenvalue weighted by atomic mass is 16.5. The van der Waals surface area contributed by atoms with Crippen LogP contribution in [-0.2, 0) is 9.53 Å². The van der Waals surface area contributed by atoms with Crippen molar-refractivity contribution in [3.05, 3.63) is 0 Å². The van der Waals surface area contributed by atoms with Crippen molar-refractivity contribution in [2.75, 3.05) is 19.7 Å². The van der Waals surface area contributed by atoms with Gasteiger partial charge in [-0.1, -0.05) is 19.3 Å². The maximum atomic E-state index is 10.7. The molecule has 0 spiro atoms. The van der Waals surface area contributed by atoms with Crippen LogP contribution in [-0.4, -0.2) is 31.7 Å². The Bertz CT molecular complexity index is 236. The molecule has 5 N–H and O–H groups in total. The number of primary amides is 1. The number of urea groups is 1. The van der Waals surface area contributed by atoms with Crippen molar-refractivity contribution < 1.29 is 14.3 Å². The number of hydrogen-bond acceptors (Lipinski definition) is 4. The molecular weight excluding hydrogens is 210 g/mol. The summed E-state index contributed by atoms with van der Waals surface area (Å²) in [6.07, 6.45) is 6.46. The number of unbranched alkanes of at least 4 members (excludes halogenated alkanes) is 1. The van der Waals surface area contributed by atoms with Gasteiger partial charge in [-0.3, -0.25) is 4.79 Å². The highest BCUT2D eigenvalue weighted by Crippen LogP contribution is 1.87. The molecule has 16 heavy (non-hydrogen) atoms. The largest absolute Gasteiger partial charge is 0.464 e. The summed E-state index contributed by atoms with van der Waals surface area (Å²) in [4.78, 5) is 20.9. The van der Waals surface area contributed by atoms with Gasteiger partial charge in [0.25, 0.3) is 0 Å². The van der Waals surface area contributed by atoms with Crippen LogP contribution in [0.15, 0.2) is 0 Å². The van der Waals surface area contributed by atoms with E-state index in [4.69, 9.17) is 16.2 Å². The van der Waals surface area contributed by atoms with E-state index < -0.39 is 12.0 Å². The van der Waals surface area contributed by atoms with Crippen LogP contribution in [0.5, 0.6) is 0 Å². The minimum Gasteiger partial charge on any atom is -0.464 e. The lowest BCUT2D eigenvalue weighted by Gasteiger charge is -2.03. The normalized spacial score (nSPS) is 8.06. The molecule has 6 heteroatoms. The van der Waals surface area contributed by atoms with Gasteiger partial charge in [0, 0.05) is 0 Å². The zero-order valence-electron chi connectivity index (χ0n) is 9.49. The van der Waals surface area contributed by atoms with Crippen molar-refractivity contribution in [2.45, 2.75) is 19.8 Å². The molecule has 0 aromatic carbocycles. The Morgan fingerprint density at radius 3 is 2.44 bits per heavy atom. The van der Waals surface area contributed by atoms with Gasteiger partial charge in [-0.05, 0) is 6.42 Å². The second kappa shape index (κ2) is 13.3. The van der Waals surface area contributed by atoms with E-state index in [0.29, 0.717) is 13.2 Å². The Hall–Kier alpha value is -1.74. The van der Waals surface area contributed by atoms with Crippen LogP contribution in [0.2, 0.25) is 0 Å². The molecule has 0 saturated carbocycles. The van der Waals surface area contributed by atoms with Gasteiger partial charge in [-0.25, -0.2) is 4.79 Å². The Labute approximate surface area is 95.7 Å². The fourth-order valence-corrected chi connectivity index (χ4v) is 0.541. The highest BCUT2D eigenvalue weighted by Gasteiger charge is 2.02. The molecule has 0 fully saturated rings. The maximum absolute atomic E-state index is 10.7. The monoisotopic (exact) mass is 229 g/mol. The fourth-order valence-electron chi connectivity index (χ4n) is 0.541. The number of ether oxygens (including phenoxy) is 1. The first kappa shape index (κ1) is 16.7. The molecule has 0 atom stereocenters. The van der Waals surface area contributed by atoms with E-state index in [1.54, 1.807) is 0 Å². The van der Waals surface area contributed by atoms with E-state index in [9.17, 15) is 9.59 Å². The van der Waals surface area contributed by atoms with Crippen LogP contribution in [0.4, 0.5) is 4.79 Å². The van der Waals surface area contributed by atoms with Crippen LogP contribution in [0.3, 0.4) is 0 Å². The summed E-state index contributed by atoms with van der Waals surface area (Å²) in [5.41, 5.74) is 9.53.